The molecule has 0 unspecified atom stereocenters. The van der Waals surface area contributed by atoms with E-state index >= 15 is 0 Å². The lowest BCUT2D eigenvalue weighted by Crippen LogP contribution is -2.39. The number of aliphatic carboxylic acids is 1. The molecule has 0 bridgehead atoms. The van der Waals surface area contributed by atoms with E-state index in [0.29, 0.717) is 12.8 Å². The fraction of sp³-hybridized carbons (Fsp3) is 0.875. The van der Waals surface area contributed by atoms with Crippen molar-refractivity contribution < 1.29 is 19.7 Å². The maximum absolute atomic E-state index is 10.8. The number of carbonyl (C=O) groups is 1. The second-order valence-electron chi connectivity index (χ2n) is 3.08. The number of ether oxygens (including phenoxy) is 1. The fourth-order valence-electron chi connectivity index (χ4n) is 1.61. The molecule has 1 rings (SSSR count). The number of hydrogen-bond donors (Lipinski definition) is 2. The molecule has 1 saturated carbocycles. The van der Waals surface area contributed by atoms with Gasteiger partial charge in [-0.25, -0.2) is 4.79 Å². The van der Waals surface area contributed by atoms with Crippen molar-refractivity contribution in [2.24, 2.45) is 0 Å². The van der Waals surface area contributed by atoms with E-state index in [1.54, 1.807) is 0 Å². The van der Waals surface area contributed by atoms with Crippen molar-refractivity contribution in [2.75, 3.05) is 13.2 Å². The summed E-state index contributed by atoms with van der Waals surface area (Å²) in [7, 11) is 0. The number of rotatable bonds is 4. The first-order valence-corrected chi connectivity index (χ1v) is 4.19. The summed E-state index contributed by atoms with van der Waals surface area (Å²) >= 11 is 0. The second kappa shape index (κ2) is 3.87. The Kier molecular flexibility index (Phi) is 3.05. The van der Waals surface area contributed by atoms with Crippen molar-refractivity contribution in [3.63, 3.8) is 0 Å². The Morgan fingerprint density at radius 2 is 2.00 bits per heavy atom. The van der Waals surface area contributed by atoms with Crippen LogP contribution in [0.2, 0.25) is 0 Å². The van der Waals surface area contributed by atoms with Gasteiger partial charge in [0.2, 0.25) is 0 Å². The van der Waals surface area contributed by atoms with E-state index in [1.165, 1.54) is 0 Å². The van der Waals surface area contributed by atoms with Crippen LogP contribution in [0, 0.1) is 0 Å². The lowest BCUT2D eigenvalue weighted by atomic mass is 10.0. The number of carboxylic acid groups (broad SMARTS) is 1. The summed E-state index contributed by atoms with van der Waals surface area (Å²) in [5.74, 6) is -0.895. The third kappa shape index (κ3) is 1.76. The van der Waals surface area contributed by atoms with Crippen LogP contribution in [-0.2, 0) is 9.53 Å². The molecule has 4 nitrogen and oxygen atoms in total. The van der Waals surface area contributed by atoms with Gasteiger partial charge in [0, 0.05) is 0 Å². The van der Waals surface area contributed by atoms with Gasteiger partial charge in [0.1, 0.15) is 0 Å². The van der Waals surface area contributed by atoms with Crippen molar-refractivity contribution >= 4 is 5.97 Å². The average molecular weight is 174 g/mol. The first-order valence-electron chi connectivity index (χ1n) is 4.19. The van der Waals surface area contributed by atoms with Crippen molar-refractivity contribution in [3.05, 3.63) is 0 Å². The van der Waals surface area contributed by atoms with Crippen LogP contribution < -0.4 is 0 Å². The molecular weight excluding hydrogens is 160 g/mol. The van der Waals surface area contributed by atoms with Gasteiger partial charge < -0.3 is 14.9 Å². The number of hydrogen-bond acceptors (Lipinski definition) is 3. The average Bonchev–Trinajstić information content (AvgIpc) is 2.50. The fourth-order valence-corrected chi connectivity index (χ4v) is 1.61. The highest BCUT2D eigenvalue weighted by Gasteiger charge is 2.42. The predicted molar refractivity (Wildman–Crippen MR) is 41.9 cm³/mol. The van der Waals surface area contributed by atoms with E-state index in [-0.39, 0.29) is 13.2 Å². The quantitative estimate of drug-likeness (QED) is 0.647. The Morgan fingerprint density at radius 1 is 1.42 bits per heavy atom. The number of carboxylic acids is 1. The van der Waals surface area contributed by atoms with Gasteiger partial charge in [-0.15, -0.1) is 0 Å². The predicted octanol–water partition coefficient (Wildman–Crippen LogP) is 0.393. The van der Waals surface area contributed by atoms with Gasteiger partial charge in [-0.1, -0.05) is 0 Å². The highest BCUT2D eigenvalue weighted by molar-refractivity contribution is 5.77. The molecule has 1 fully saturated rings. The molecule has 4 heteroatoms. The Bertz CT molecular complexity index is 160. The van der Waals surface area contributed by atoms with Gasteiger partial charge in [-0.3, -0.25) is 0 Å². The minimum atomic E-state index is -0.997. The number of aliphatic hydroxyl groups is 1. The molecule has 0 atom stereocenters. The molecule has 0 aromatic carbocycles. The lowest BCUT2D eigenvalue weighted by Gasteiger charge is -2.23. The first kappa shape index (κ1) is 9.48. The minimum Gasteiger partial charge on any atom is -0.479 e. The Balaban J connectivity index is 2.53. The van der Waals surface area contributed by atoms with E-state index in [4.69, 9.17) is 14.9 Å². The Morgan fingerprint density at radius 3 is 2.42 bits per heavy atom. The van der Waals surface area contributed by atoms with Crippen molar-refractivity contribution in [2.45, 2.75) is 31.3 Å². The van der Waals surface area contributed by atoms with E-state index in [0.717, 1.165) is 12.8 Å². The maximum atomic E-state index is 10.8. The molecule has 0 spiro atoms. The molecule has 2 N–H and O–H groups in total. The SMILES string of the molecule is O=C(O)C1(OCCO)CCCC1. The Labute approximate surface area is 71.2 Å². The smallest absolute Gasteiger partial charge is 0.335 e. The normalized spacial score (nSPS) is 21.1. The highest BCUT2D eigenvalue weighted by atomic mass is 16.5. The molecule has 12 heavy (non-hydrogen) atoms. The third-order valence-corrected chi connectivity index (χ3v) is 2.27. The topological polar surface area (TPSA) is 66.8 Å². The van der Waals surface area contributed by atoms with Crippen LogP contribution in [0.5, 0.6) is 0 Å². The zero-order chi connectivity index (χ0) is 9.03. The summed E-state index contributed by atoms with van der Waals surface area (Å²) in [4.78, 5) is 10.8. The Hall–Kier alpha value is -0.610. The monoisotopic (exact) mass is 174 g/mol. The molecule has 0 saturated heterocycles. The van der Waals surface area contributed by atoms with Crippen LogP contribution >= 0.6 is 0 Å². The summed E-state index contributed by atoms with van der Waals surface area (Å²) in [5, 5.41) is 17.4. The van der Waals surface area contributed by atoms with Crippen LogP contribution in [-0.4, -0.2) is 35.0 Å². The van der Waals surface area contributed by atoms with Crippen LogP contribution in [0.4, 0.5) is 0 Å². The third-order valence-electron chi connectivity index (χ3n) is 2.27. The summed E-state index contributed by atoms with van der Waals surface area (Å²) in [6.07, 6.45) is 2.94. The van der Waals surface area contributed by atoms with Crippen molar-refractivity contribution in [1.82, 2.24) is 0 Å². The molecule has 0 aromatic heterocycles. The van der Waals surface area contributed by atoms with Crippen LogP contribution in [0.1, 0.15) is 25.7 Å². The van der Waals surface area contributed by atoms with Gasteiger partial charge in [0.05, 0.1) is 13.2 Å². The molecule has 1 aliphatic carbocycles. The van der Waals surface area contributed by atoms with Crippen LogP contribution in [0.25, 0.3) is 0 Å². The molecule has 70 valence electrons. The van der Waals surface area contributed by atoms with Crippen molar-refractivity contribution in [1.29, 1.82) is 0 Å². The van der Waals surface area contributed by atoms with E-state index in [9.17, 15) is 4.79 Å². The van der Waals surface area contributed by atoms with E-state index in [1.807, 2.05) is 0 Å². The van der Waals surface area contributed by atoms with Gasteiger partial charge in [-0.2, -0.15) is 0 Å². The van der Waals surface area contributed by atoms with Gasteiger partial charge >= 0.3 is 5.97 Å². The number of aliphatic hydroxyl groups excluding tert-OH is 1. The van der Waals surface area contributed by atoms with E-state index < -0.39 is 11.6 Å². The molecule has 1 aliphatic rings. The largest absolute Gasteiger partial charge is 0.479 e. The summed E-state index contributed by atoms with van der Waals surface area (Å²) < 4.78 is 5.15. The zero-order valence-corrected chi connectivity index (χ0v) is 6.95. The zero-order valence-electron chi connectivity index (χ0n) is 6.95. The maximum Gasteiger partial charge on any atom is 0.335 e. The highest BCUT2D eigenvalue weighted by Crippen LogP contribution is 2.33. The summed E-state index contributed by atoms with van der Waals surface area (Å²) in [6, 6.07) is 0. The van der Waals surface area contributed by atoms with Crippen molar-refractivity contribution in [3.8, 4) is 0 Å². The molecule has 0 aliphatic heterocycles. The minimum absolute atomic E-state index is 0.116. The second-order valence-corrected chi connectivity index (χ2v) is 3.08. The molecule has 0 heterocycles. The van der Waals surface area contributed by atoms with E-state index in [2.05, 4.69) is 0 Å². The lowest BCUT2D eigenvalue weighted by molar-refractivity contribution is -0.166. The molecule has 0 radical (unpaired) electrons. The summed E-state index contributed by atoms with van der Waals surface area (Å²) in [6.45, 7) is 0.00132. The molecule has 0 aromatic rings. The standard InChI is InChI=1S/C8H14O4/c9-5-6-12-8(7(10)11)3-1-2-4-8/h9H,1-6H2,(H,10,11). The van der Waals surface area contributed by atoms with Gasteiger partial charge in [0.25, 0.3) is 0 Å². The van der Waals surface area contributed by atoms with Crippen LogP contribution in [0.3, 0.4) is 0 Å². The summed E-state index contributed by atoms with van der Waals surface area (Å²) in [5.41, 5.74) is -0.997. The van der Waals surface area contributed by atoms with Crippen LogP contribution in [0.15, 0.2) is 0 Å². The van der Waals surface area contributed by atoms with Gasteiger partial charge in [0.15, 0.2) is 5.60 Å². The first-order chi connectivity index (χ1) is 5.71. The molecular formula is C8H14O4. The van der Waals surface area contributed by atoms with Gasteiger partial charge in [-0.05, 0) is 25.7 Å². The molecule has 0 amide bonds.